The van der Waals surface area contributed by atoms with Crippen LogP contribution in [0.4, 0.5) is 4.39 Å². The molecule has 1 unspecified atom stereocenters. The van der Waals surface area contributed by atoms with Gasteiger partial charge in [0.05, 0.1) is 21.9 Å². The smallest absolute Gasteiger partial charge is 0.246 e. The number of sulfonamides is 1. The lowest BCUT2D eigenvalue weighted by Gasteiger charge is -2.36. The zero-order valence-corrected chi connectivity index (χ0v) is 20.3. The Morgan fingerprint density at radius 3 is 2.32 bits per heavy atom. The first-order valence-corrected chi connectivity index (χ1v) is 12.5. The molecule has 0 saturated carbocycles. The second kappa shape index (κ2) is 10.6. The largest absolute Gasteiger partial charge is 0.457 e. The Balaban J connectivity index is 1.81. The van der Waals surface area contributed by atoms with Crippen molar-refractivity contribution in [3.8, 4) is 11.5 Å². The fraction of sp³-hybridized carbons (Fsp3) is 0.273. The molecular weight excluding hydrogens is 485 g/mol. The van der Waals surface area contributed by atoms with Gasteiger partial charge in [0.25, 0.3) is 0 Å². The fourth-order valence-electron chi connectivity index (χ4n) is 3.04. The van der Waals surface area contributed by atoms with Crippen molar-refractivity contribution in [2.24, 2.45) is 0 Å². The van der Waals surface area contributed by atoms with Crippen molar-refractivity contribution in [2.75, 3.05) is 7.05 Å². The molecule has 1 heterocycles. The first-order valence-electron chi connectivity index (χ1n) is 10.0. The molecule has 182 valence electrons. The molecule has 0 bridgehead atoms. The van der Waals surface area contributed by atoms with Gasteiger partial charge in [-0.3, -0.25) is 10.0 Å². The highest BCUT2D eigenvalue weighted by Gasteiger charge is 2.40. The number of rotatable bonds is 10. The van der Waals surface area contributed by atoms with Crippen LogP contribution in [0.5, 0.6) is 11.5 Å². The molecule has 12 heteroatoms. The van der Waals surface area contributed by atoms with Gasteiger partial charge in [-0.2, -0.15) is 4.31 Å². The second-order valence-electron chi connectivity index (χ2n) is 7.60. The third-order valence-corrected chi connectivity index (χ3v) is 8.61. The van der Waals surface area contributed by atoms with E-state index in [4.69, 9.17) is 14.5 Å². The summed E-state index contributed by atoms with van der Waals surface area (Å²) >= 11 is 1.17. The lowest BCUT2D eigenvalue weighted by atomic mass is 10.2. The Morgan fingerprint density at radius 1 is 1.21 bits per heavy atom. The van der Waals surface area contributed by atoms with E-state index in [-0.39, 0.29) is 17.1 Å². The summed E-state index contributed by atoms with van der Waals surface area (Å²) in [5.74, 6) is 0.510. The van der Waals surface area contributed by atoms with Crippen molar-refractivity contribution in [3.05, 3.63) is 71.9 Å². The van der Waals surface area contributed by atoms with E-state index >= 15 is 0 Å². The quantitative estimate of drug-likeness (QED) is 0.238. The van der Waals surface area contributed by atoms with E-state index in [9.17, 15) is 17.6 Å². The highest BCUT2D eigenvalue weighted by atomic mass is 32.2. The number of thioether (sulfide) groups is 1. The summed E-state index contributed by atoms with van der Waals surface area (Å²) in [6, 6.07) is 12.9. The first kappa shape index (κ1) is 25.7. The number of nitrogens with one attached hydrogen (secondary N) is 1. The molecule has 0 fully saturated rings. The van der Waals surface area contributed by atoms with Crippen LogP contribution in [0.15, 0.2) is 64.0 Å². The highest BCUT2D eigenvalue weighted by Crippen LogP contribution is 2.38. The second-order valence-corrected chi connectivity index (χ2v) is 11.0. The molecule has 1 aromatic heterocycles. The predicted molar refractivity (Wildman–Crippen MR) is 123 cm³/mol. The van der Waals surface area contributed by atoms with Crippen LogP contribution >= 0.6 is 11.8 Å². The van der Waals surface area contributed by atoms with Crippen molar-refractivity contribution in [1.82, 2.24) is 14.9 Å². The molecule has 3 aromatic rings. The monoisotopic (exact) mass is 509 g/mol. The molecule has 34 heavy (non-hydrogen) atoms. The van der Waals surface area contributed by atoms with Gasteiger partial charge in [0.15, 0.2) is 0 Å². The maximum atomic E-state index is 13.4. The van der Waals surface area contributed by atoms with Crippen LogP contribution in [0, 0.1) is 12.7 Å². The number of hydroxylamine groups is 1. The molecule has 0 aliphatic rings. The van der Waals surface area contributed by atoms with E-state index in [0.29, 0.717) is 23.0 Å². The van der Waals surface area contributed by atoms with Crippen LogP contribution < -0.4 is 10.2 Å². The Kier molecular flexibility index (Phi) is 7.97. The number of ether oxygens (including phenoxy) is 1. The van der Waals surface area contributed by atoms with E-state index in [1.165, 1.54) is 67.3 Å². The van der Waals surface area contributed by atoms with Crippen LogP contribution in [-0.2, 0) is 20.6 Å². The van der Waals surface area contributed by atoms with Gasteiger partial charge in [0.2, 0.25) is 15.9 Å². The Morgan fingerprint density at radius 2 is 1.79 bits per heavy atom. The predicted octanol–water partition coefficient (Wildman–Crippen LogP) is 4.08. The van der Waals surface area contributed by atoms with Crippen LogP contribution in [-0.4, -0.2) is 40.9 Å². The number of amides is 1. The van der Waals surface area contributed by atoms with E-state index in [1.807, 2.05) is 0 Å². The van der Waals surface area contributed by atoms with Gasteiger partial charge in [-0.15, -0.1) is 11.8 Å². The molecule has 9 nitrogen and oxygen atoms in total. The molecule has 0 spiro atoms. The van der Waals surface area contributed by atoms with Crippen molar-refractivity contribution in [1.29, 1.82) is 0 Å². The number of nitrogens with zero attached hydrogens (tertiary/aromatic N) is 2. The molecule has 2 N–H and O–H groups in total. The van der Waals surface area contributed by atoms with Gasteiger partial charge in [0.1, 0.15) is 23.1 Å². The summed E-state index contributed by atoms with van der Waals surface area (Å²) in [7, 11) is -2.68. The third-order valence-electron chi connectivity index (χ3n) is 5.02. The molecule has 0 aliphatic heterocycles. The van der Waals surface area contributed by atoms with Gasteiger partial charge >= 0.3 is 0 Å². The Labute approximate surface area is 200 Å². The molecule has 3 rings (SSSR count). The van der Waals surface area contributed by atoms with Crippen LogP contribution in [0.1, 0.15) is 24.8 Å². The number of carbonyl (C=O) groups is 1. The molecule has 1 amide bonds. The lowest BCUT2D eigenvalue weighted by Crippen LogP contribution is -2.47. The van der Waals surface area contributed by atoms with Gasteiger partial charge in [0, 0.05) is 18.9 Å². The maximum Gasteiger partial charge on any atom is 0.246 e. The van der Waals surface area contributed by atoms with Crippen molar-refractivity contribution >= 4 is 27.7 Å². The lowest BCUT2D eigenvalue weighted by molar-refractivity contribution is -0.130. The third kappa shape index (κ3) is 6.14. The maximum absolute atomic E-state index is 13.4. The summed E-state index contributed by atoms with van der Waals surface area (Å²) in [5, 5.41) is 12.9. The summed E-state index contributed by atoms with van der Waals surface area (Å²) in [5.41, 5.74) is 2.14. The molecular formula is C22H24FN3O6S2. The normalized spacial score (nSPS) is 13.5. The fourth-order valence-corrected chi connectivity index (χ4v) is 5.87. The molecule has 0 radical (unpaired) electrons. The van der Waals surface area contributed by atoms with Gasteiger partial charge < -0.3 is 9.26 Å². The molecule has 1 atom stereocenters. The van der Waals surface area contributed by atoms with Crippen molar-refractivity contribution in [3.63, 3.8) is 0 Å². The Hall–Kier alpha value is -2.93. The minimum Gasteiger partial charge on any atom is -0.457 e. The van der Waals surface area contributed by atoms with E-state index in [2.05, 4.69) is 5.16 Å². The number of carbonyl (C=O) groups excluding carboxylic acids is 1. The van der Waals surface area contributed by atoms with Gasteiger partial charge in [-0.1, -0.05) is 5.16 Å². The number of hydrogen-bond donors (Lipinski definition) is 2. The zero-order chi connectivity index (χ0) is 24.9. The molecule has 0 saturated heterocycles. The minimum absolute atomic E-state index is 0.0185. The van der Waals surface area contributed by atoms with E-state index in [1.54, 1.807) is 25.4 Å². The van der Waals surface area contributed by atoms with E-state index in [0.717, 1.165) is 4.31 Å². The summed E-state index contributed by atoms with van der Waals surface area (Å²) in [4.78, 5) is 10.7. The zero-order valence-electron chi connectivity index (χ0n) is 18.7. The SMILES string of the molecule is Cc1cc(CSC(C)(CC(=O)NO)N(C)S(=O)(=O)c2ccc(Oc3ccc(F)cc3)cc2)no1. The molecule has 0 aliphatic carbocycles. The number of benzene rings is 2. The number of aryl methyl sites for hydroxylation is 1. The van der Waals surface area contributed by atoms with Gasteiger partial charge in [-0.05, 0) is 62.4 Å². The van der Waals surface area contributed by atoms with Crippen LogP contribution in [0.2, 0.25) is 0 Å². The van der Waals surface area contributed by atoms with E-state index < -0.39 is 26.6 Å². The Bertz CT molecular complexity index is 1230. The van der Waals surface area contributed by atoms with Crippen LogP contribution in [0.25, 0.3) is 0 Å². The molecule has 2 aromatic carbocycles. The minimum atomic E-state index is -4.04. The number of hydrogen-bond acceptors (Lipinski definition) is 8. The van der Waals surface area contributed by atoms with Crippen molar-refractivity contribution in [2.45, 2.75) is 35.8 Å². The number of aromatic nitrogens is 1. The summed E-state index contributed by atoms with van der Waals surface area (Å²) in [6.07, 6.45) is -0.313. The first-order chi connectivity index (χ1) is 16.0. The highest BCUT2D eigenvalue weighted by molar-refractivity contribution is 8.00. The standard InChI is InChI=1S/C22H24FN3O6S2/c1-15-12-17(25-32-15)14-33-22(2,13-21(27)24-28)26(3)34(29,30)20-10-8-19(9-11-20)31-18-6-4-16(23)5-7-18/h4-12,28H,13-14H2,1-3H3,(H,24,27). The van der Waals surface area contributed by atoms with Crippen molar-refractivity contribution < 1.29 is 32.1 Å². The topological polar surface area (TPSA) is 122 Å². The van der Waals surface area contributed by atoms with Gasteiger partial charge in [-0.25, -0.2) is 18.3 Å². The summed E-state index contributed by atoms with van der Waals surface area (Å²) < 4.78 is 51.5. The average molecular weight is 510 g/mol. The number of halogens is 1. The van der Waals surface area contributed by atoms with Crippen LogP contribution in [0.3, 0.4) is 0 Å². The average Bonchev–Trinajstić information content (AvgIpc) is 3.24. The summed E-state index contributed by atoms with van der Waals surface area (Å²) in [6.45, 7) is 3.32.